The van der Waals surface area contributed by atoms with Crippen LogP contribution in [0.25, 0.3) is 0 Å². The highest BCUT2D eigenvalue weighted by Gasteiger charge is 2.34. The Morgan fingerprint density at radius 3 is 2.15 bits per heavy atom. The first kappa shape index (κ1) is 20.4. The molecule has 0 spiro atoms. The van der Waals surface area contributed by atoms with Crippen molar-refractivity contribution < 1.29 is 19.8 Å². The van der Waals surface area contributed by atoms with Gasteiger partial charge in [-0.1, -0.05) is 45.0 Å². The maximum atomic E-state index is 12.5. The summed E-state index contributed by atoms with van der Waals surface area (Å²) in [5.74, 6) is -0.767. The van der Waals surface area contributed by atoms with Crippen LogP contribution in [-0.2, 0) is 15.0 Å². The monoisotopic (exact) mass is 362 g/mol. The number of nitrogens with one attached hydrogen (secondary N) is 2. The van der Waals surface area contributed by atoms with Gasteiger partial charge >= 0.3 is 0 Å². The number of benzene rings is 1. The molecular weight excluding hydrogens is 332 g/mol. The molecule has 4 N–H and O–H groups in total. The van der Waals surface area contributed by atoms with Crippen molar-refractivity contribution in [3.8, 4) is 0 Å². The van der Waals surface area contributed by atoms with Crippen molar-refractivity contribution in [1.29, 1.82) is 0 Å². The Morgan fingerprint density at radius 2 is 1.73 bits per heavy atom. The molecule has 2 amide bonds. The van der Waals surface area contributed by atoms with E-state index in [4.69, 9.17) is 0 Å². The molecule has 0 saturated heterocycles. The summed E-state index contributed by atoms with van der Waals surface area (Å²) < 4.78 is 0. The molecule has 0 radical (unpaired) electrons. The summed E-state index contributed by atoms with van der Waals surface area (Å²) in [5, 5.41) is 24.9. The number of aliphatic hydroxyl groups excluding tert-OH is 2. The minimum atomic E-state index is -1.04. The van der Waals surface area contributed by atoms with Gasteiger partial charge in [-0.05, 0) is 36.3 Å². The molecule has 1 fully saturated rings. The van der Waals surface area contributed by atoms with Crippen LogP contribution < -0.4 is 10.6 Å². The molecule has 1 aromatic carbocycles. The van der Waals surface area contributed by atoms with Gasteiger partial charge in [-0.25, -0.2) is 0 Å². The Morgan fingerprint density at radius 1 is 1.15 bits per heavy atom. The van der Waals surface area contributed by atoms with E-state index in [1.54, 1.807) is 0 Å². The summed E-state index contributed by atoms with van der Waals surface area (Å²) in [6, 6.07) is 6.07. The predicted octanol–water partition coefficient (Wildman–Crippen LogP) is 1.41. The van der Waals surface area contributed by atoms with Crippen molar-refractivity contribution in [1.82, 2.24) is 10.6 Å². The lowest BCUT2D eigenvalue weighted by molar-refractivity contribution is -0.132. The average molecular weight is 362 g/mol. The summed E-state index contributed by atoms with van der Waals surface area (Å²) >= 11 is 0. The third kappa shape index (κ3) is 5.29. The fourth-order valence-electron chi connectivity index (χ4n) is 2.73. The Balaban J connectivity index is 2.06. The van der Waals surface area contributed by atoms with Crippen LogP contribution in [0.5, 0.6) is 0 Å². The Kier molecular flexibility index (Phi) is 6.42. The molecule has 144 valence electrons. The normalized spacial score (nSPS) is 17.9. The minimum Gasteiger partial charge on any atom is -0.394 e. The van der Waals surface area contributed by atoms with Gasteiger partial charge in [0, 0.05) is 5.92 Å². The van der Waals surface area contributed by atoms with E-state index in [0.717, 1.165) is 24.0 Å². The van der Waals surface area contributed by atoms with Gasteiger partial charge in [-0.2, -0.15) is 0 Å². The van der Waals surface area contributed by atoms with E-state index >= 15 is 0 Å². The fourth-order valence-corrected chi connectivity index (χ4v) is 2.73. The molecule has 0 aliphatic heterocycles. The Bertz CT molecular complexity index is 630. The highest BCUT2D eigenvalue weighted by Crippen LogP contribution is 2.29. The zero-order valence-corrected chi connectivity index (χ0v) is 16.0. The van der Waals surface area contributed by atoms with Crippen molar-refractivity contribution in [2.24, 2.45) is 5.92 Å². The number of carbonyl (C=O) groups excluding carboxylic acids is 2. The van der Waals surface area contributed by atoms with E-state index in [-0.39, 0.29) is 23.8 Å². The first-order chi connectivity index (χ1) is 12.1. The molecule has 1 aliphatic rings. The zero-order valence-electron chi connectivity index (χ0n) is 16.0. The van der Waals surface area contributed by atoms with E-state index in [0.29, 0.717) is 0 Å². The average Bonchev–Trinajstić information content (AvgIpc) is 3.41. The van der Waals surface area contributed by atoms with Crippen LogP contribution in [0.1, 0.15) is 57.7 Å². The fraction of sp³-hybridized carbons (Fsp3) is 0.600. The number of rotatable bonds is 7. The van der Waals surface area contributed by atoms with E-state index in [2.05, 4.69) is 31.4 Å². The van der Waals surface area contributed by atoms with E-state index in [1.165, 1.54) is 6.92 Å². The molecule has 1 aromatic rings. The van der Waals surface area contributed by atoms with Gasteiger partial charge in [0.25, 0.3) is 0 Å². The first-order valence-electron chi connectivity index (χ1n) is 9.13. The topological polar surface area (TPSA) is 98.7 Å². The second-order valence-electron chi connectivity index (χ2n) is 8.12. The van der Waals surface area contributed by atoms with Crippen molar-refractivity contribution >= 4 is 11.8 Å². The van der Waals surface area contributed by atoms with E-state index < -0.39 is 24.1 Å². The number of amides is 2. The summed E-state index contributed by atoms with van der Waals surface area (Å²) in [5.41, 5.74) is 1.94. The number of aliphatic hydroxyl groups is 2. The van der Waals surface area contributed by atoms with Gasteiger partial charge in [0.15, 0.2) is 0 Å². The summed E-state index contributed by atoms with van der Waals surface area (Å²) in [6.07, 6.45) is 0.610. The van der Waals surface area contributed by atoms with Crippen molar-refractivity contribution in [2.75, 3.05) is 6.61 Å². The molecule has 2 rings (SSSR count). The lowest BCUT2D eigenvalue weighted by atomic mass is 9.86. The Labute approximate surface area is 155 Å². The number of carbonyl (C=O) groups is 2. The first-order valence-corrected chi connectivity index (χ1v) is 9.13. The second kappa shape index (κ2) is 8.18. The standard InChI is InChI=1S/C20H30N2O4/c1-12(24)17(22-18(25)14-5-6-14)19(26)21-16(11-23)13-7-9-15(10-8-13)20(2,3)4/h7-10,12,14,16-17,23-24H,5-6,11H2,1-4H3,(H,21,26)(H,22,25). The van der Waals surface area contributed by atoms with Gasteiger partial charge in [0.2, 0.25) is 11.8 Å². The van der Waals surface area contributed by atoms with Gasteiger partial charge in [-0.15, -0.1) is 0 Å². The molecule has 6 heteroatoms. The van der Waals surface area contributed by atoms with E-state index in [9.17, 15) is 19.8 Å². The minimum absolute atomic E-state index is 0.0149. The smallest absolute Gasteiger partial charge is 0.245 e. The maximum absolute atomic E-state index is 12.5. The third-order valence-electron chi connectivity index (χ3n) is 4.69. The zero-order chi connectivity index (χ0) is 19.5. The molecule has 0 aromatic heterocycles. The SMILES string of the molecule is CC(O)C(NC(=O)C1CC1)C(=O)NC(CO)c1ccc(C(C)(C)C)cc1. The molecule has 1 saturated carbocycles. The van der Waals surface area contributed by atoms with E-state index in [1.807, 2.05) is 24.3 Å². The van der Waals surface area contributed by atoms with Crippen LogP contribution in [0.2, 0.25) is 0 Å². The van der Waals surface area contributed by atoms with Crippen molar-refractivity contribution in [3.63, 3.8) is 0 Å². The van der Waals surface area contributed by atoms with Gasteiger partial charge in [0.1, 0.15) is 6.04 Å². The Hall–Kier alpha value is -1.92. The second-order valence-corrected chi connectivity index (χ2v) is 8.12. The summed E-state index contributed by atoms with van der Waals surface area (Å²) in [6.45, 7) is 7.53. The molecule has 26 heavy (non-hydrogen) atoms. The molecular formula is C20H30N2O4. The molecule has 1 aliphatic carbocycles. The lowest BCUT2D eigenvalue weighted by Crippen LogP contribution is -2.53. The van der Waals surface area contributed by atoms with Crippen LogP contribution in [0, 0.1) is 5.92 Å². The molecule has 6 nitrogen and oxygen atoms in total. The lowest BCUT2D eigenvalue weighted by Gasteiger charge is -2.25. The van der Waals surface area contributed by atoms with Crippen molar-refractivity contribution in [3.05, 3.63) is 35.4 Å². The number of hydrogen-bond acceptors (Lipinski definition) is 4. The van der Waals surface area contributed by atoms with Crippen LogP contribution in [0.3, 0.4) is 0 Å². The molecule has 0 heterocycles. The maximum Gasteiger partial charge on any atom is 0.245 e. The van der Waals surface area contributed by atoms with Crippen LogP contribution >= 0.6 is 0 Å². The van der Waals surface area contributed by atoms with Crippen molar-refractivity contribution in [2.45, 2.75) is 64.1 Å². The molecule has 3 atom stereocenters. The predicted molar refractivity (Wildman–Crippen MR) is 99.4 cm³/mol. The van der Waals surface area contributed by atoms with Crippen LogP contribution in [0.15, 0.2) is 24.3 Å². The summed E-state index contributed by atoms with van der Waals surface area (Å²) in [7, 11) is 0. The van der Waals surface area contributed by atoms with Gasteiger partial charge in [-0.3, -0.25) is 9.59 Å². The van der Waals surface area contributed by atoms with Gasteiger partial charge < -0.3 is 20.8 Å². The quantitative estimate of drug-likeness (QED) is 0.589. The number of hydrogen-bond donors (Lipinski definition) is 4. The molecule has 3 unspecified atom stereocenters. The van der Waals surface area contributed by atoms with Gasteiger partial charge in [0.05, 0.1) is 18.8 Å². The molecule has 0 bridgehead atoms. The van der Waals surface area contributed by atoms with Crippen LogP contribution in [0.4, 0.5) is 0 Å². The highest BCUT2D eigenvalue weighted by molar-refractivity contribution is 5.90. The summed E-state index contributed by atoms with van der Waals surface area (Å²) in [4.78, 5) is 24.5. The van der Waals surface area contributed by atoms with Crippen LogP contribution in [-0.4, -0.2) is 40.8 Å². The largest absolute Gasteiger partial charge is 0.394 e. The third-order valence-corrected chi connectivity index (χ3v) is 4.69. The highest BCUT2D eigenvalue weighted by atomic mass is 16.3.